The fourth-order valence-corrected chi connectivity index (χ4v) is 3.36. The molecule has 0 aliphatic carbocycles. The molecule has 1 heterocycles. The van der Waals surface area contributed by atoms with Gasteiger partial charge in [0.15, 0.2) is 0 Å². The quantitative estimate of drug-likeness (QED) is 0.445. The van der Waals surface area contributed by atoms with Crippen LogP contribution in [0, 0.1) is 0 Å². The Morgan fingerprint density at radius 2 is 1.39 bits per heavy atom. The van der Waals surface area contributed by atoms with Crippen LogP contribution in [0.25, 0.3) is 0 Å². The molecule has 8 heteroatoms. The van der Waals surface area contributed by atoms with E-state index in [1.54, 1.807) is 24.3 Å². The van der Waals surface area contributed by atoms with Gasteiger partial charge in [-0.05, 0) is 19.4 Å². The molecule has 0 spiro atoms. The first-order chi connectivity index (χ1) is 13.3. The number of aldehydes is 1. The minimum Gasteiger partial charge on any atom is -0.466 e. The van der Waals surface area contributed by atoms with E-state index in [0.717, 1.165) is 4.90 Å². The molecule has 0 fully saturated rings. The Kier molecular flexibility index (Phi) is 6.35. The van der Waals surface area contributed by atoms with Gasteiger partial charge in [-0.1, -0.05) is 24.3 Å². The number of benzene rings is 1. The summed E-state index contributed by atoms with van der Waals surface area (Å²) in [6.07, 6.45) is -0.142. The highest BCUT2D eigenvalue weighted by Gasteiger charge is 2.42. The van der Waals surface area contributed by atoms with Crippen LogP contribution in [0.3, 0.4) is 0 Å². The maximum Gasteiger partial charge on any atom is 0.418 e. The summed E-state index contributed by atoms with van der Waals surface area (Å²) < 4.78 is 14.6. The molecule has 0 atom stereocenters. The van der Waals surface area contributed by atoms with Crippen LogP contribution in [-0.4, -0.2) is 50.5 Å². The summed E-state index contributed by atoms with van der Waals surface area (Å²) in [7, 11) is 3.57. The zero-order chi connectivity index (χ0) is 21.0. The Hall–Kier alpha value is -3.42. The molecule has 1 aliphatic heterocycles. The summed E-state index contributed by atoms with van der Waals surface area (Å²) in [6.45, 7) is 3.08. The van der Waals surface area contributed by atoms with Gasteiger partial charge in [0.05, 0.1) is 38.4 Å². The van der Waals surface area contributed by atoms with Crippen molar-refractivity contribution < 1.29 is 33.4 Å². The summed E-state index contributed by atoms with van der Waals surface area (Å²) in [5.41, 5.74) is 1.24. The van der Waals surface area contributed by atoms with Crippen molar-refractivity contribution in [1.82, 2.24) is 4.90 Å². The molecule has 28 heavy (non-hydrogen) atoms. The number of nitrogens with zero attached hydrogens (tertiary/aromatic N) is 1. The molecular weight excluding hydrogens is 366 g/mol. The summed E-state index contributed by atoms with van der Waals surface area (Å²) >= 11 is 0. The fourth-order valence-electron chi connectivity index (χ4n) is 3.36. The lowest BCUT2D eigenvalue weighted by atomic mass is 9.78. The third-order valence-corrected chi connectivity index (χ3v) is 4.63. The molecule has 0 N–H and O–H groups in total. The lowest BCUT2D eigenvalue weighted by Gasteiger charge is -2.35. The first-order valence-electron chi connectivity index (χ1n) is 8.34. The Bertz CT molecular complexity index is 858. The minimum absolute atomic E-state index is 0.0354. The maximum absolute atomic E-state index is 12.7. The Labute approximate surface area is 162 Å². The lowest BCUT2D eigenvalue weighted by Crippen LogP contribution is -2.38. The van der Waals surface area contributed by atoms with Crippen LogP contribution in [0.15, 0.2) is 46.8 Å². The second-order valence-electron chi connectivity index (χ2n) is 5.97. The largest absolute Gasteiger partial charge is 0.466 e. The van der Waals surface area contributed by atoms with E-state index >= 15 is 0 Å². The fraction of sp³-hybridized carbons (Fsp3) is 0.300. The molecule has 1 aromatic carbocycles. The smallest absolute Gasteiger partial charge is 0.418 e. The van der Waals surface area contributed by atoms with Crippen molar-refractivity contribution in [2.24, 2.45) is 0 Å². The number of ether oxygens (including phenoxy) is 3. The predicted octanol–water partition coefficient (Wildman–Crippen LogP) is 2.56. The van der Waals surface area contributed by atoms with Crippen LogP contribution in [0.5, 0.6) is 0 Å². The molecule has 0 aromatic heterocycles. The molecule has 1 amide bonds. The van der Waals surface area contributed by atoms with Crippen LogP contribution in [-0.2, 0) is 23.8 Å². The molecule has 1 aromatic rings. The first-order valence-corrected chi connectivity index (χ1v) is 8.34. The number of allylic oxidation sites excluding steroid dienone is 2. The number of hydrogen-bond acceptors (Lipinski definition) is 7. The summed E-state index contributed by atoms with van der Waals surface area (Å²) in [5, 5.41) is 0. The van der Waals surface area contributed by atoms with Gasteiger partial charge in [-0.3, -0.25) is 9.69 Å². The van der Waals surface area contributed by atoms with Crippen LogP contribution >= 0.6 is 0 Å². The predicted molar refractivity (Wildman–Crippen MR) is 98.2 cm³/mol. The summed E-state index contributed by atoms with van der Waals surface area (Å²) in [5.74, 6) is -2.45. The average molecular weight is 387 g/mol. The van der Waals surface area contributed by atoms with Gasteiger partial charge in [-0.15, -0.1) is 0 Å². The van der Waals surface area contributed by atoms with Gasteiger partial charge >= 0.3 is 18.0 Å². The van der Waals surface area contributed by atoms with Crippen LogP contribution in [0.2, 0.25) is 0 Å². The van der Waals surface area contributed by atoms with Gasteiger partial charge in [0, 0.05) is 17.0 Å². The first kappa shape index (κ1) is 20.9. The number of carbonyl (C=O) groups excluding carboxylic acids is 4. The molecule has 0 radical (unpaired) electrons. The standard InChI is InChI=1S/C20H21NO7/c1-11-15(18(23)26-3)17(14-9-7-6-8-13(14)10-22)16(19(24)27-4)12(2)21(11)20(25)28-5/h6-10,17H,1-5H3. The number of carbonyl (C=O) groups is 4. The van der Waals surface area contributed by atoms with Crippen LogP contribution in [0.1, 0.15) is 35.7 Å². The van der Waals surface area contributed by atoms with Crippen molar-refractivity contribution in [3.63, 3.8) is 0 Å². The van der Waals surface area contributed by atoms with E-state index in [1.807, 2.05) is 0 Å². The molecule has 0 saturated carbocycles. The van der Waals surface area contributed by atoms with E-state index in [0.29, 0.717) is 17.4 Å². The normalized spacial score (nSPS) is 14.7. The van der Waals surface area contributed by atoms with Gasteiger partial charge in [-0.25, -0.2) is 14.4 Å². The van der Waals surface area contributed by atoms with Crippen molar-refractivity contribution in [2.45, 2.75) is 19.8 Å². The van der Waals surface area contributed by atoms with Crippen molar-refractivity contribution in [3.8, 4) is 0 Å². The van der Waals surface area contributed by atoms with Gasteiger partial charge in [0.25, 0.3) is 0 Å². The zero-order valence-corrected chi connectivity index (χ0v) is 16.3. The Balaban J connectivity index is 2.92. The molecule has 0 unspecified atom stereocenters. The minimum atomic E-state index is -0.956. The molecule has 0 saturated heterocycles. The Morgan fingerprint density at radius 1 is 0.893 bits per heavy atom. The zero-order valence-electron chi connectivity index (χ0n) is 16.3. The van der Waals surface area contributed by atoms with Gasteiger partial charge in [0.2, 0.25) is 0 Å². The SMILES string of the molecule is COC(=O)C1=C(C)N(C(=O)OC)C(C)=C(C(=O)OC)C1c1ccccc1C=O. The van der Waals surface area contributed by atoms with Crippen molar-refractivity contribution in [2.75, 3.05) is 21.3 Å². The van der Waals surface area contributed by atoms with Gasteiger partial charge in [-0.2, -0.15) is 0 Å². The van der Waals surface area contributed by atoms with Crippen molar-refractivity contribution >= 4 is 24.3 Å². The van der Waals surface area contributed by atoms with Gasteiger partial charge in [0.1, 0.15) is 6.29 Å². The maximum atomic E-state index is 12.7. The van der Waals surface area contributed by atoms with E-state index in [4.69, 9.17) is 14.2 Å². The third kappa shape index (κ3) is 3.40. The number of amides is 1. The van der Waals surface area contributed by atoms with E-state index in [2.05, 4.69) is 0 Å². The molecule has 1 aliphatic rings. The molecule has 0 bridgehead atoms. The molecule has 2 rings (SSSR count). The van der Waals surface area contributed by atoms with Gasteiger partial charge < -0.3 is 14.2 Å². The number of esters is 2. The monoisotopic (exact) mass is 387 g/mol. The average Bonchev–Trinajstić information content (AvgIpc) is 2.71. The highest BCUT2D eigenvalue weighted by Crippen LogP contribution is 2.43. The van der Waals surface area contributed by atoms with Crippen LogP contribution < -0.4 is 0 Å². The van der Waals surface area contributed by atoms with Crippen molar-refractivity contribution in [3.05, 3.63) is 57.9 Å². The molecular formula is C20H21NO7. The summed E-state index contributed by atoms with van der Waals surface area (Å²) in [4.78, 5) is 50.4. The van der Waals surface area contributed by atoms with Crippen molar-refractivity contribution in [1.29, 1.82) is 0 Å². The third-order valence-electron chi connectivity index (χ3n) is 4.63. The van der Waals surface area contributed by atoms with E-state index in [9.17, 15) is 19.2 Å². The summed E-state index contributed by atoms with van der Waals surface area (Å²) in [6, 6.07) is 6.56. The molecule has 8 nitrogen and oxygen atoms in total. The number of hydrogen-bond donors (Lipinski definition) is 0. The second-order valence-corrected chi connectivity index (χ2v) is 5.97. The Morgan fingerprint density at radius 3 is 1.82 bits per heavy atom. The van der Waals surface area contributed by atoms with E-state index in [-0.39, 0.29) is 22.5 Å². The number of methoxy groups -OCH3 is 3. The number of rotatable bonds is 4. The van der Waals surface area contributed by atoms with E-state index in [1.165, 1.54) is 35.2 Å². The topological polar surface area (TPSA) is 99.2 Å². The van der Waals surface area contributed by atoms with E-state index < -0.39 is 23.9 Å². The lowest BCUT2D eigenvalue weighted by molar-refractivity contribution is -0.137. The highest BCUT2D eigenvalue weighted by molar-refractivity contribution is 6.01. The molecule has 148 valence electrons. The van der Waals surface area contributed by atoms with Crippen LogP contribution in [0.4, 0.5) is 4.79 Å². The second kappa shape index (κ2) is 8.51. The highest BCUT2D eigenvalue weighted by atomic mass is 16.5.